The highest BCUT2D eigenvalue weighted by Crippen LogP contribution is 2.28. The van der Waals surface area contributed by atoms with E-state index in [9.17, 15) is 0 Å². The van der Waals surface area contributed by atoms with E-state index in [-0.39, 0.29) is 6.04 Å². The van der Waals surface area contributed by atoms with E-state index in [1.807, 2.05) is 26.0 Å². The topological polar surface area (TPSA) is 63.9 Å². The van der Waals surface area contributed by atoms with Crippen molar-refractivity contribution in [2.75, 3.05) is 7.11 Å². The number of nitrogens with zero attached hydrogens (tertiary/aromatic N) is 1. The summed E-state index contributed by atoms with van der Waals surface area (Å²) in [6.45, 7) is 4.03. The summed E-state index contributed by atoms with van der Waals surface area (Å²) < 4.78 is 5.31. The van der Waals surface area contributed by atoms with Crippen molar-refractivity contribution in [1.82, 2.24) is 10.2 Å². The number of rotatable bonds is 3. The predicted octanol–water partition coefficient (Wildman–Crippen LogP) is 1.77. The summed E-state index contributed by atoms with van der Waals surface area (Å²) in [5.74, 6) is 0.889. The van der Waals surface area contributed by atoms with Crippen molar-refractivity contribution in [2.24, 2.45) is 5.73 Å². The quantitative estimate of drug-likeness (QED) is 0.827. The van der Waals surface area contributed by atoms with Crippen molar-refractivity contribution in [3.8, 4) is 5.75 Å². The van der Waals surface area contributed by atoms with E-state index >= 15 is 0 Å². The molecule has 86 valence electrons. The van der Waals surface area contributed by atoms with Gasteiger partial charge >= 0.3 is 0 Å². The third kappa shape index (κ3) is 1.76. The maximum absolute atomic E-state index is 5.82. The van der Waals surface area contributed by atoms with Gasteiger partial charge in [-0.1, -0.05) is 0 Å². The molecule has 3 N–H and O–H groups in total. The Morgan fingerprint density at radius 2 is 2.25 bits per heavy atom. The van der Waals surface area contributed by atoms with Crippen LogP contribution in [0.15, 0.2) is 12.1 Å². The Labute approximate surface area is 94.8 Å². The van der Waals surface area contributed by atoms with Gasteiger partial charge in [0.25, 0.3) is 0 Å². The van der Waals surface area contributed by atoms with Crippen LogP contribution < -0.4 is 10.5 Å². The van der Waals surface area contributed by atoms with Crippen LogP contribution in [0, 0.1) is 6.92 Å². The van der Waals surface area contributed by atoms with Crippen LogP contribution in [0.25, 0.3) is 10.9 Å². The molecule has 0 saturated carbocycles. The van der Waals surface area contributed by atoms with Gasteiger partial charge in [0.05, 0.1) is 12.6 Å². The molecule has 1 unspecified atom stereocenters. The molecule has 2 aromatic rings. The average molecular weight is 219 g/mol. The van der Waals surface area contributed by atoms with Crippen LogP contribution >= 0.6 is 0 Å². The second kappa shape index (κ2) is 4.14. The lowest BCUT2D eigenvalue weighted by atomic mass is 10.0. The monoisotopic (exact) mass is 219 g/mol. The summed E-state index contributed by atoms with van der Waals surface area (Å²) in [6.07, 6.45) is 0.796. The van der Waals surface area contributed by atoms with Gasteiger partial charge < -0.3 is 10.5 Å². The van der Waals surface area contributed by atoms with E-state index < -0.39 is 0 Å². The summed E-state index contributed by atoms with van der Waals surface area (Å²) in [5, 5.41) is 8.46. The Morgan fingerprint density at radius 1 is 1.50 bits per heavy atom. The van der Waals surface area contributed by atoms with Crippen LogP contribution in [0.2, 0.25) is 0 Å². The SMILES string of the molecule is COc1ccc2n[nH]c(CC(C)N)c2c1C. The number of aromatic amines is 1. The number of H-pyrrole nitrogens is 1. The van der Waals surface area contributed by atoms with Gasteiger partial charge in [0.15, 0.2) is 0 Å². The zero-order valence-corrected chi connectivity index (χ0v) is 9.87. The summed E-state index contributed by atoms with van der Waals surface area (Å²) in [6, 6.07) is 4.02. The molecular weight excluding hydrogens is 202 g/mol. The predicted molar refractivity (Wildman–Crippen MR) is 64.7 cm³/mol. The molecule has 1 aromatic carbocycles. The summed E-state index contributed by atoms with van der Waals surface area (Å²) in [4.78, 5) is 0. The molecule has 1 heterocycles. The van der Waals surface area contributed by atoms with Crippen LogP contribution in [0.5, 0.6) is 5.75 Å². The molecule has 1 aromatic heterocycles. The smallest absolute Gasteiger partial charge is 0.122 e. The number of benzene rings is 1. The maximum Gasteiger partial charge on any atom is 0.122 e. The third-order valence-electron chi connectivity index (χ3n) is 2.75. The Morgan fingerprint density at radius 3 is 2.88 bits per heavy atom. The van der Waals surface area contributed by atoms with Gasteiger partial charge in [-0.3, -0.25) is 5.10 Å². The third-order valence-corrected chi connectivity index (χ3v) is 2.75. The van der Waals surface area contributed by atoms with Crippen LogP contribution in [0.3, 0.4) is 0 Å². The van der Waals surface area contributed by atoms with Crippen LogP contribution in [-0.2, 0) is 6.42 Å². The fourth-order valence-corrected chi connectivity index (χ4v) is 2.03. The molecule has 0 amide bonds. The minimum atomic E-state index is 0.120. The molecule has 2 rings (SSSR count). The summed E-state index contributed by atoms with van der Waals surface area (Å²) >= 11 is 0. The zero-order valence-electron chi connectivity index (χ0n) is 9.87. The van der Waals surface area contributed by atoms with Crippen molar-refractivity contribution in [3.05, 3.63) is 23.4 Å². The van der Waals surface area contributed by atoms with E-state index in [2.05, 4.69) is 10.2 Å². The second-order valence-corrected chi connectivity index (χ2v) is 4.17. The lowest BCUT2D eigenvalue weighted by Gasteiger charge is -2.07. The normalized spacial score (nSPS) is 13.0. The highest BCUT2D eigenvalue weighted by Gasteiger charge is 2.12. The first kappa shape index (κ1) is 11.0. The number of methoxy groups -OCH3 is 1. The molecule has 0 aliphatic carbocycles. The Kier molecular flexibility index (Phi) is 2.83. The Balaban J connectivity index is 2.59. The van der Waals surface area contributed by atoms with E-state index in [1.54, 1.807) is 7.11 Å². The summed E-state index contributed by atoms with van der Waals surface area (Å²) in [7, 11) is 1.68. The number of fused-ring (bicyclic) bond motifs is 1. The molecule has 0 aliphatic heterocycles. The van der Waals surface area contributed by atoms with E-state index in [4.69, 9.17) is 10.5 Å². The molecule has 4 nitrogen and oxygen atoms in total. The van der Waals surface area contributed by atoms with Crippen molar-refractivity contribution >= 4 is 10.9 Å². The van der Waals surface area contributed by atoms with Crippen LogP contribution in [0.1, 0.15) is 18.2 Å². The number of hydrogen-bond donors (Lipinski definition) is 2. The van der Waals surface area contributed by atoms with Crippen molar-refractivity contribution in [3.63, 3.8) is 0 Å². The molecule has 0 fully saturated rings. The number of nitrogens with one attached hydrogen (secondary N) is 1. The van der Waals surface area contributed by atoms with Gasteiger partial charge in [-0.25, -0.2) is 0 Å². The molecular formula is C12H17N3O. The zero-order chi connectivity index (χ0) is 11.7. The standard InChI is InChI=1S/C12H17N3O/c1-7(13)6-10-12-8(2)11(16-3)5-4-9(12)14-15-10/h4-5,7H,6,13H2,1-3H3,(H,14,15). The first-order valence-corrected chi connectivity index (χ1v) is 5.39. The average Bonchev–Trinajstić information content (AvgIpc) is 2.62. The maximum atomic E-state index is 5.82. The van der Waals surface area contributed by atoms with Gasteiger partial charge in [0.2, 0.25) is 0 Å². The van der Waals surface area contributed by atoms with E-state index in [0.29, 0.717) is 0 Å². The van der Waals surface area contributed by atoms with Crippen molar-refractivity contribution < 1.29 is 4.74 Å². The first-order valence-electron chi connectivity index (χ1n) is 5.39. The number of aromatic nitrogens is 2. The number of nitrogens with two attached hydrogens (primary N) is 1. The van der Waals surface area contributed by atoms with Gasteiger partial charge in [0, 0.05) is 29.1 Å². The fraction of sp³-hybridized carbons (Fsp3) is 0.417. The highest BCUT2D eigenvalue weighted by atomic mass is 16.5. The number of ether oxygens (including phenoxy) is 1. The molecule has 0 radical (unpaired) electrons. The fourth-order valence-electron chi connectivity index (χ4n) is 2.03. The Bertz CT molecular complexity index is 502. The van der Waals surface area contributed by atoms with Gasteiger partial charge in [-0.2, -0.15) is 5.10 Å². The van der Waals surface area contributed by atoms with Crippen LogP contribution in [-0.4, -0.2) is 23.3 Å². The highest BCUT2D eigenvalue weighted by molar-refractivity contribution is 5.86. The number of aryl methyl sites for hydroxylation is 1. The van der Waals surface area contributed by atoms with E-state index in [1.165, 1.54) is 0 Å². The molecule has 0 spiro atoms. The van der Waals surface area contributed by atoms with Gasteiger partial charge in [-0.05, 0) is 26.0 Å². The largest absolute Gasteiger partial charge is 0.496 e. The summed E-state index contributed by atoms with van der Waals surface area (Å²) in [5.41, 5.74) is 8.98. The molecule has 4 heteroatoms. The van der Waals surface area contributed by atoms with Gasteiger partial charge in [-0.15, -0.1) is 0 Å². The Hall–Kier alpha value is -1.55. The van der Waals surface area contributed by atoms with Crippen LogP contribution in [0.4, 0.5) is 0 Å². The lowest BCUT2D eigenvalue weighted by molar-refractivity contribution is 0.412. The van der Waals surface area contributed by atoms with Crippen molar-refractivity contribution in [1.29, 1.82) is 0 Å². The number of hydrogen-bond acceptors (Lipinski definition) is 3. The first-order chi connectivity index (χ1) is 7.63. The molecule has 0 saturated heterocycles. The molecule has 0 aliphatic rings. The minimum absolute atomic E-state index is 0.120. The molecule has 1 atom stereocenters. The minimum Gasteiger partial charge on any atom is -0.496 e. The second-order valence-electron chi connectivity index (χ2n) is 4.17. The van der Waals surface area contributed by atoms with Gasteiger partial charge in [0.1, 0.15) is 5.75 Å². The van der Waals surface area contributed by atoms with E-state index in [0.717, 1.165) is 34.3 Å². The molecule has 16 heavy (non-hydrogen) atoms. The molecule has 0 bridgehead atoms. The van der Waals surface area contributed by atoms with Crippen molar-refractivity contribution in [2.45, 2.75) is 26.3 Å². The lowest BCUT2D eigenvalue weighted by Crippen LogP contribution is -2.18.